The molecule has 0 aromatic carbocycles. The quantitative estimate of drug-likeness (QED) is 0.538. The van der Waals surface area contributed by atoms with Crippen LogP contribution in [0.3, 0.4) is 0 Å². The molecule has 2 rings (SSSR count). The minimum absolute atomic E-state index is 0. The lowest BCUT2D eigenvalue weighted by atomic mass is 10.4. The highest BCUT2D eigenvalue weighted by molar-refractivity contribution is 6.67. The zero-order valence-electron chi connectivity index (χ0n) is 13.6. The van der Waals surface area contributed by atoms with Crippen LogP contribution >= 0.6 is 47.2 Å². The molecule has 0 aliphatic carbocycles. The van der Waals surface area contributed by atoms with Gasteiger partial charge in [-0.05, 0) is 31.0 Å². The molecule has 2 aliphatic heterocycles. The normalized spacial score (nSPS) is 17.5. The highest BCUT2D eigenvalue weighted by atomic mass is 35.5. The van der Waals surface area contributed by atoms with E-state index in [9.17, 15) is 9.59 Å². The molecular formula is C14H26Cl4N2O4. The van der Waals surface area contributed by atoms with Crippen molar-refractivity contribution in [2.45, 2.75) is 12.8 Å². The number of amides is 1. The van der Waals surface area contributed by atoms with Crippen molar-refractivity contribution < 1.29 is 19.1 Å². The van der Waals surface area contributed by atoms with Gasteiger partial charge in [0.15, 0.2) is 0 Å². The molecule has 0 aromatic rings. The Hall–Kier alpha value is 0.180. The lowest BCUT2D eigenvalue weighted by Gasteiger charge is -2.17. The standard InChI is InChI=1S/C7H12ClNO2.C5H11NO.C2H2Cl2O.ClH/c8-6-7(10)9-2-1-4-11-5-3-9;1-2-6-3-5-7-4-1;3-1-2(4)5;/h1-6H2;6H,1-5H2;1H2;1H. The molecule has 6 nitrogen and oxygen atoms in total. The Bertz CT molecular complexity index is 297. The van der Waals surface area contributed by atoms with Gasteiger partial charge in [0.1, 0.15) is 5.88 Å². The zero-order chi connectivity index (χ0) is 17.3. The summed E-state index contributed by atoms with van der Waals surface area (Å²) in [5.74, 6) is -0.00108. The van der Waals surface area contributed by atoms with Crippen molar-refractivity contribution in [3.8, 4) is 0 Å². The number of nitrogens with one attached hydrogen (secondary N) is 1. The van der Waals surface area contributed by atoms with Crippen molar-refractivity contribution in [1.82, 2.24) is 10.2 Å². The van der Waals surface area contributed by atoms with E-state index >= 15 is 0 Å². The second-order valence-corrected chi connectivity index (χ2v) is 5.64. The molecule has 0 spiro atoms. The molecule has 0 unspecified atom stereocenters. The van der Waals surface area contributed by atoms with Crippen LogP contribution in [0.4, 0.5) is 0 Å². The van der Waals surface area contributed by atoms with Gasteiger partial charge >= 0.3 is 0 Å². The maximum absolute atomic E-state index is 11.1. The van der Waals surface area contributed by atoms with Crippen LogP contribution in [0.2, 0.25) is 0 Å². The van der Waals surface area contributed by atoms with Crippen molar-refractivity contribution >= 4 is 58.4 Å². The van der Waals surface area contributed by atoms with Crippen LogP contribution in [0.1, 0.15) is 12.8 Å². The average Bonchev–Trinajstić information content (AvgIpc) is 3.02. The van der Waals surface area contributed by atoms with Crippen LogP contribution in [0, 0.1) is 0 Å². The first-order valence-electron chi connectivity index (χ1n) is 7.56. The minimum atomic E-state index is -0.508. The summed E-state index contributed by atoms with van der Waals surface area (Å²) in [5, 5.41) is 2.71. The van der Waals surface area contributed by atoms with E-state index in [2.05, 4.69) is 5.32 Å². The number of halogens is 4. The van der Waals surface area contributed by atoms with Gasteiger partial charge < -0.3 is 19.7 Å². The number of ether oxygens (including phenoxy) is 2. The van der Waals surface area contributed by atoms with Gasteiger partial charge in [0, 0.05) is 32.8 Å². The molecule has 24 heavy (non-hydrogen) atoms. The van der Waals surface area contributed by atoms with Gasteiger partial charge in [0.05, 0.1) is 19.1 Å². The summed E-state index contributed by atoms with van der Waals surface area (Å²) in [5.41, 5.74) is 0. The van der Waals surface area contributed by atoms with Crippen molar-refractivity contribution in [2.24, 2.45) is 0 Å². The smallest absolute Gasteiger partial charge is 0.237 e. The first-order valence-corrected chi connectivity index (χ1v) is 9.00. The fourth-order valence-electron chi connectivity index (χ4n) is 1.75. The van der Waals surface area contributed by atoms with Crippen LogP contribution in [-0.4, -0.2) is 80.4 Å². The molecule has 0 aromatic heterocycles. The predicted molar refractivity (Wildman–Crippen MR) is 99.9 cm³/mol. The molecule has 0 saturated carbocycles. The molecule has 1 amide bonds. The second kappa shape index (κ2) is 19.5. The molecule has 2 aliphatic rings. The molecule has 1 N–H and O–H groups in total. The number of nitrogens with zero attached hydrogens (tertiary/aromatic N) is 1. The molecule has 0 bridgehead atoms. The van der Waals surface area contributed by atoms with Crippen molar-refractivity contribution in [2.75, 3.05) is 64.4 Å². The molecule has 0 atom stereocenters. The number of hydrogen-bond donors (Lipinski definition) is 1. The molecule has 144 valence electrons. The third-order valence-electron chi connectivity index (χ3n) is 2.86. The topological polar surface area (TPSA) is 67.9 Å². The molecule has 0 radical (unpaired) electrons. The molecule has 2 saturated heterocycles. The van der Waals surface area contributed by atoms with Gasteiger partial charge in [0.25, 0.3) is 0 Å². The third-order valence-corrected chi connectivity index (χ3v) is 3.60. The lowest BCUT2D eigenvalue weighted by molar-refractivity contribution is -0.128. The van der Waals surface area contributed by atoms with Crippen LogP contribution in [0.25, 0.3) is 0 Å². The van der Waals surface area contributed by atoms with E-state index in [1.54, 1.807) is 4.90 Å². The number of alkyl halides is 2. The molecular weight excluding hydrogens is 402 g/mol. The minimum Gasteiger partial charge on any atom is -0.380 e. The number of hydrogen-bond acceptors (Lipinski definition) is 5. The van der Waals surface area contributed by atoms with E-state index in [0.717, 1.165) is 45.9 Å². The maximum atomic E-state index is 11.1. The number of carbonyl (C=O) groups excluding carboxylic acids is 2. The fourth-order valence-corrected chi connectivity index (χ4v) is 1.92. The predicted octanol–water partition coefficient (Wildman–Crippen LogP) is 1.88. The van der Waals surface area contributed by atoms with Gasteiger partial charge in [-0.3, -0.25) is 9.59 Å². The maximum Gasteiger partial charge on any atom is 0.237 e. The van der Waals surface area contributed by atoms with Crippen LogP contribution in [0.5, 0.6) is 0 Å². The van der Waals surface area contributed by atoms with E-state index in [4.69, 9.17) is 44.3 Å². The van der Waals surface area contributed by atoms with Crippen molar-refractivity contribution in [3.63, 3.8) is 0 Å². The van der Waals surface area contributed by atoms with Gasteiger partial charge in [-0.1, -0.05) is 0 Å². The van der Waals surface area contributed by atoms with Gasteiger partial charge in [-0.15, -0.1) is 35.6 Å². The van der Waals surface area contributed by atoms with Gasteiger partial charge in [0.2, 0.25) is 11.1 Å². The lowest BCUT2D eigenvalue weighted by Crippen LogP contribution is -2.33. The molecule has 2 fully saturated rings. The summed E-state index contributed by atoms with van der Waals surface area (Å²) in [4.78, 5) is 22.3. The zero-order valence-corrected chi connectivity index (χ0v) is 16.7. The number of rotatable bonds is 2. The molecule has 10 heteroatoms. The second-order valence-electron chi connectivity index (χ2n) is 4.69. The Morgan fingerprint density at radius 1 is 0.917 bits per heavy atom. The van der Waals surface area contributed by atoms with Crippen LogP contribution < -0.4 is 5.32 Å². The highest BCUT2D eigenvalue weighted by Crippen LogP contribution is 2.00. The molecule has 2 heterocycles. The summed E-state index contributed by atoms with van der Waals surface area (Å²) in [7, 11) is 0. The van der Waals surface area contributed by atoms with Gasteiger partial charge in [-0.2, -0.15) is 0 Å². The first kappa shape index (κ1) is 26.4. The summed E-state index contributed by atoms with van der Waals surface area (Å²) < 4.78 is 10.3. The Balaban J connectivity index is 0. The van der Waals surface area contributed by atoms with E-state index in [1.807, 2.05) is 0 Å². The Labute approximate surface area is 164 Å². The van der Waals surface area contributed by atoms with E-state index < -0.39 is 5.24 Å². The summed E-state index contributed by atoms with van der Waals surface area (Å²) >= 11 is 15.0. The van der Waals surface area contributed by atoms with E-state index in [0.29, 0.717) is 13.2 Å². The van der Waals surface area contributed by atoms with Crippen LogP contribution in [-0.2, 0) is 19.1 Å². The van der Waals surface area contributed by atoms with Crippen LogP contribution in [0.15, 0.2) is 0 Å². The van der Waals surface area contributed by atoms with Gasteiger partial charge in [-0.25, -0.2) is 0 Å². The Morgan fingerprint density at radius 2 is 1.54 bits per heavy atom. The van der Waals surface area contributed by atoms with Crippen molar-refractivity contribution in [3.05, 3.63) is 0 Å². The Morgan fingerprint density at radius 3 is 2.17 bits per heavy atom. The highest BCUT2D eigenvalue weighted by Gasteiger charge is 2.13. The monoisotopic (exact) mass is 426 g/mol. The van der Waals surface area contributed by atoms with Crippen molar-refractivity contribution in [1.29, 1.82) is 0 Å². The SMILES string of the molecule is C1CNCCOC1.Cl.O=C(CCl)N1CCCOCC1.O=C(Cl)CCl. The first-order chi connectivity index (χ1) is 11.1. The summed E-state index contributed by atoms with van der Waals surface area (Å²) in [6, 6.07) is 0. The largest absolute Gasteiger partial charge is 0.380 e. The number of carbonyl (C=O) groups is 2. The fraction of sp³-hybridized carbons (Fsp3) is 0.857. The summed E-state index contributed by atoms with van der Waals surface area (Å²) in [6.07, 6.45) is 2.09. The van der Waals surface area contributed by atoms with E-state index in [-0.39, 0.29) is 30.1 Å². The summed E-state index contributed by atoms with van der Waals surface area (Å²) in [6.45, 7) is 6.85. The average molecular weight is 428 g/mol. The van der Waals surface area contributed by atoms with E-state index in [1.165, 1.54) is 6.42 Å². The third kappa shape index (κ3) is 17.0. The Kier molecular flexibility index (Phi) is 21.5.